The lowest BCUT2D eigenvalue weighted by molar-refractivity contribution is 0.0870. The Labute approximate surface area is 109 Å². The Morgan fingerprint density at radius 2 is 2.12 bits per heavy atom. The summed E-state index contributed by atoms with van der Waals surface area (Å²) in [4.78, 5) is 12.3. The summed E-state index contributed by atoms with van der Waals surface area (Å²) < 4.78 is 14.3. The van der Waals surface area contributed by atoms with Crippen molar-refractivity contribution >= 4 is 21.7 Å². The Morgan fingerprint density at radius 3 is 2.76 bits per heavy atom. The highest BCUT2D eigenvalue weighted by atomic mass is 79.9. The number of rotatable bonds is 2. The molecule has 2 aliphatic carbocycles. The maximum Gasteiger partial charge on any atom is 0.169 e. The van der Waals surface area contributed by atoms with Gasteiger partial charge in [-0.15, -0.1) is 0 Å². The van der Waals surface area contributed by atoms with E-state index in [-0.39, 0.29) is 17.3 Å². The minimum Gasteiger partial charge on any atom is -0.294 e. The first-order chi connectivity index (χ1) is 8.16. The lowest BCUT2D eigenvalue weighted by Gasteiger charge is -2.20. The van der Waals surface area contributed by atoms with Gasteiger partial charge in [-0.05, 0) is 59.2 Å². The number of hydrogen-bond donors (Lipinski definition) is 0. The first kappa shape index (κ1) is 11.4. The third kappa shape index (κ3) is 1.85. The second kappa shape index (κ2) is 4.20. The maximum absolute atomic E-state index is 13.9. The van der Waals surface area contributed by atoms with E-state index in [2.05, 4.69) is 15.9 Å². The van der Waals surface area contributed by atoms with Gasteiger partial charge in [0.1, 0.15) is 5.82 Å². The second-order valence-corrected chi connectivity index (χ2v) is 6.10. The van der Waals surface area contributed by atoms with Crippen molar-refractivity contribution < 1.29 is 9.18 Å². The molecule has 0 spiro atoms. The van der Waals surface area contributed by atoms with Gasteiger partial charge in [0.25, 0.3) is 0 Å². The van der Waals surface area contributed by atoms with Gasteiger partial charge in [0, 0.05) is 5.92 Å². The summed E-state index contributed by atoms with van der Waals surface area (Å²) in [7, 11) is 0. The number of fused-ring (bicyclic) bond motifs is 2. The molecular formula is C14H14BrFO. The van der Waals surface area contributed by atoms with Crippen molar-refractivity contribution in [1.29, 1.82) is 0 Å². The highest BCUT2D eigenvalue weighted by Crippen LogP contribution is 2.49. The summed E-state index contributed by atoms with van der Waals surface area (Å²) in [5.74, 6) is 0.892. The average Bonchev–Trinajstić information content (AvgIpc) is 2.94. The molecule has 0 aromatic heterocycles. The lowest BCUT2D eigenvalue weighted by Crippen LogP contribution is -2.22. The fourth-order valence-electron chi connectivity index (χ4n) is 3.46. The largest absolute Gasteiger partial charge is 0.294 e. The Morgan fingerprint density at radius 1 is 1.29 bits per heavy atom. The monoisotopic (exact) mass is 296 g/mol. The van der Waals surface area contributed by atoms with Crippen LogP contribution in [0.15, 0.2) is 22.7 Å². The Bertz CT molecular complexity index is 471. The van der Waals surface area contributed by atoms with Crippen LogP contribution in [0.2, 0.25) is 0 Å². The van der Waals surface area contributed by atoms with Crippen LogP contribution < -0.4 is 0 Å². The molecule has 90 valence electrons. The van der Waals surface area contributed by atoms with Gasteiger partial charge in [-0.1, -0.05) is 12.5 Å². The summed E-state index contributed by atoms with van der Waals surface area (Å²) in [5.41, 5.74) is 0.261. The van der Waals surface area contributed by atoms with Crippen molar-refractivity contribution in [2.45, 2.75) is 25.7 Å². The Balaban J connectivity index is 1.89. The number of ketones is 1. The SMILES string of the molecule is O=C(c1cccc(Br)c1F)C1CC2CCC1C2. The zero-order valence-electron chi connectivity index (χ0n) is 9.46. The summed E-state index contributed by atoms with van der Waals surface area (Å²) in [5, 5.41) is 0. The number of carbonyl (C=O) groups is 1. The molecule has 3 atom stereocenters. The minimum absolute atomic E-state index is 0.0102. The molecule has 0 heterocycles. The zero-order valence-corrected chi connectivity index (χ0v) is 11.0. The fourth-order valence-corrected chi connectivity index (χ4v) is 3.83. The lowest BCUT2D eigenvalue weighted by atomic mass is 9.83. The van der Waals surface area contributed by atoms with Crippen LogP contribution in [0.25, 0.3) is 0 Å². The smallest absolute Gasteiger partial charge is 0.169 e. The number of Topliss-reactive ketones (excluding diaryl/α,β-unsaturated/α-hetero) is 1. The van der Waals surface area contributed by atoms with Crippen molar-refractivity contribution in [2.75, 3.05) is 0 Å². The predicted molar refractivity (Wildman–Crippen MR) is 67.4 cm³/mol. The molecule has 2 bridgehead atoms. The molecule has 0 radical (unpaired) electrons. The molecule has 2 fully saturated rings. The van der Waals surface area contributed by atoms with Gasteiger partial charge in [0.2, 0.25) is 0 Å². The van der Waals surface area contributed by atoms with E-state index in [4.69, 9.17) is 0 Å². The highest BCUT2D eigenvalue weighted by Gasteiger charge is 2.43. The molecular weight excluding hydrogens is 283 g/mol. The van der Waals surface area contributed by atoms with E-state index in [0.717, 1.165) is 12.8 Å². The van der Waals surface area contributed by atoms with Gasteiger partial charge in [0.05, 0.1) is 10.0 Å². The molecule has 3 rings (SSSR count). The Hall–Kier alpha value is -0.700. The first-order valence-electron chi connectivity index (χ1n) is 6.15. The first-order valence-corrected chi connectivity index (χ1v) is 6.94. The molecule has 1 aromatic carbocycles. The molecule has 0 N–H and O–H groups in total. The van der Waals surface area contributed by atoms with Crippen LogP contribution in [-0.4, -0.2) is 5.78 Å². The van der Waals surface area contributed by atoms with E-state index >= 15 is 0 Å². The normalized spacial score (nSPS) is 30.8. The summed E-state index contributed by atoms with van der Waals surface area (Å²) in [6.45, 7) is 0. The van der Waals surface area contributed by atoms with Crippen molar-refractivity contribution in [3.05, 3.63) is 34.1 Å². The van der Waals surface area contributed by atoms with E-state index in [1.807, 2.05) is 0 Å². The summed E-state index contributed by atoms with van der Waals surface area (Å²) in [6.07, 6.45) is 4.55. The average molecular weight is 297 g/mol. The van der Waals surface area contributed by atoms with E-state index in [1.165, 1.54) is 12.8 Å². The topological polar surface area (TPSA) is 17.1 Å². The third-order valence-corrected chi connectivity index (χ3v) is 4.90. The fraction of sp³-hybridized carbons (Fsp3) is 0.500. The van der Waals surface area contributed by atoms with E-state index in [9.17, 15) is 9.18 Å². The van der Waals surface area contributed by atoms with E-state index in [0.29, 0.717) is 16.3 Å². The Kier molecular flexibility index (Phi) is 2.81. The van der Waals surface area contributed by atoms with Gasteiger partial charge < -0.3 is 0 Å². The molecule has 17 heavy (non-hydrogen) atoms. The van der Waals surface area contributed by atoms with Gasteiger partial charge in [0.15, 0.2) is 5.78 Å². The van der Waals surface area contributed by atoms with Crippen molar-refractivity contribution in [3.8, 4) is 0 Å². The molecule has 2 aliphatic rings. The van der Waals surface area contributed by atoms with Crippen LogP contribution in [0.1, 0.15) is 36.0 Å². The molecule has 1 aromatic rings. The summed E-state index contributed by atoms with van der Waals surface area (Å²) >= 11 is 3.14. The number of benzene rings is 1. The number of hydrogen-bond acceptors (Lipinski definition) is 1. The molecule has 2 saturated carbocycles. The van der Waals surface area contributed by atoms with Crippen LogP contribution >= 0.6 is 15.9 Å². The van der Waals surface area contributed by atoms with Gasteiger partial charge in [-0.25, -0.2) is 4.39 Å². The quantitative estimate of drug-likeness (QED) is 0.747. The third-order valence-electron chi connectivity index (χ3n) is 4.29. The van der Waals surface area contributed by atoms with Crippen LogP contribution in [0, 0.1) is 23.6 Å². The summed E-state index contributed by atoms with van der Waals surface area (Å²) in [6, 6.07) is 4.97. The minimum atomic E-state index is -0.403. The van der Waals surface area contributed by atoms with Gasteiger partial charge >= 0.3 is 0 Å². The molecule has 3 unspecified atom stereocenters. The molecule has 1 nitrogen and oxygen atoms in total. The van der Waals surface area contributed by atoms with Gasteiger partial charge in [-0.3, -0.25) is 4.79 Å². The van der Waals surface area contributed by atoms with Crippen LogP contribution in [0.4, 0.5) is 4.39 Å². The van der Waals surface area contributed by atoms with Crippen LogP contribution in [0.5, 0.6) is 0 Å². The molecule has 3 heteroatoms. The standard InChI is InChI=1S/C14H14BrFO/c15-12-3-1-2-10(13(12)16)14(17)11-7-8-4-5-9(11)6-8/h1-3,8-9,11H,4-7H2. The maximum atomic E-state index is 13.9. The predicted octanol–water partition coefficient (Wildman–Crippen LogP) is 4.21. The molecule has 0 saturated heterocycles. The number of carbonyl (C=O) groups excluding carboxylic acids is 1. The van der Waals surface area contributed by atoms with Crippen LogP contribution in [-0.2, 0) is 0 Å². The van der Waals surface area contributed by atoms with Crippen molar-refractivity contribution in [1.82, 2.24) is 0 Å². The highest BCUT2D eigenvalue weighted by molar-refractivity contribution is 9.10. The van der Waals surface area contributed by atoms with Crippen LogP contribution in [0.3, 0.4) is 0 Å². The zero-order chi connectivity index (χ0) is 12.0. The van der Waals surface area contributed by atoms with E-state index < -0.39 is 5.82 Å². The van der Waals surface area contributed by atoms with Crippen molar-refractivity contribution in [3.63, 3.8) is 0 Å². The molecule has 0 amide bonds. The number of halogens is 2. The second-order valence-electron chi connectivity index (χ2n) is 5.25. The molecule has 0 aliphatic heterocycles. The van der Waals surface area contributed by atoms with E-state index in [1.54, 1.807) is 18.2 Å². The van der Waals surface area contributed by atoms with Crippen molar-refractivity contribution in [2.24, 2.45) is 17.8 Å². The van der Waals surface area contributed by atoms with Gasteiger partial charge in [-0.2, -0.15) is 0 Å².